The highest BCUT2D eigenvalue weighted by molar-refractivity contribution is 5.68. The number of aromatic nitrogens is 1. The summed E-state index contributed by atoms with van der Waals surface area (Å²) in [5.41, 5.74) is 5.47. The summed E-state index contributed by atoms with van der Waals surface area (Å²) in [6.07, 6.45) is 3.97. The quantitative estimate of drug-likeness (QED) is 0.778. The van der Waals surface area contributed by atoms with Crippen LogP contribution in [0.1, 0.15) is 23.2 Å². The third kappa shape index (κ3) is 2.17. The molecule has 19 heavy (non-hydrogen) atoms. The van der Waals surface area contributed by atoms with Gasteiger partial charge in [0, 0.05) is 24.1 Å². The molecule has 3 heteroatoms. The van der Waals surface area contributed by atoms with Crippen molar-refractivity contribution in [1.82, 2.24) is 4.98 Å². The molecule has 2 aromatic rings. The van der Waals surface area contributed by atoms with Gasteiger partial charge in [0.15, 0.2) is 0 Å². The standard InChI is InChI=1S/C16H15N3/c1-12-4-5-16-13(9-12)3-2-8-19(16)15-6-7-18-14(10-15)11-17/h4-7,9-10H,2-3,8H2,1H3. The van der Waals surface area contributed by atoms with Gasteiger partial charge in [0.25, 0.3) is 0 Å². The normalized spacial score (nSPS) is 13.8. The minimum absolute atomic E-state index is 0.469. The molecule has 1 aromatic carbocycles. The zero-order valence-electron chi connectivity index (χ0n) is 10.9. The number of anilines is 2. The Balaban J connectivity index is 2.06. The first-order chi connectivity index (χ1) is 9.28. The van der Waals surface area contributed by atoms with Crippen molar-refractivity contribution in [1.29, 1.82) is 5.26 Å². The lowest BCUT2D eigenvalue weighted by Gasteiger charge is -2.31. The minimum Gasteiger partial charge on any atom is -0.341 e. The predicted octanol–water partition coefficient (Wildman–Crippen LogP) is 3.35. The molecule has 0 amide bonds. The van der Waals surface area contributed by atoms with Crippen LogP contribution in [0, 0.1) is 18.3 Å². The Kier molecular flexibility index (Phi) is 2.92. The fourth-order valence-corrected chi connectivity index (χ4v) is 2.64. The molecule has 0 bridgehead atoms. The van der Waals surface area contributed by atoms with Crippen LogP contribution in [0.3, 0.4) is 0 Å². The largest absolute Gasteiger partial charge is 0.341 e. The SMILES string of the molecule is Cc1ccc2c(c1)CCCN2c1ccnc(C#N)c1. The highest BCUT2D eigenvalue weighted by Crippen LogP contribution is 2.33. The van der Waals surface area contributed by atoms with Crippen LogP contribution in [0.25, 0.3) is 0 Å². The molecule has 3 rings (SSSR count). The summed E-state index contributed by atoms with van der Waals surface area (Å²) in [6, 6.07) is 12.5. The van der Waals surface area contributed by atoms with Crippen LogP contribution < -0.4 is 4.90 Å². The van der Waals surface area contributed by atoms with Crippen LogP contribution in [0.4, 0.5) is 11.4 Å². The number of benzene rings is 1. The van der Waals surface area contributed by atoms with Gasteiger partial charge in [-0.15, -0.1) is 0 Å². The smallest absolute Gasteiger partial charge is 0.142 e. The summed E-state index contributed by atoms with van der Waals surface area (Å²) in [7, 11) is 0. The van der Waals surface area contributed by atoms with E-state index in [1.807, 2.05) is 12.1 Å². The van der Waals surface area contributed by atoms with Crippen LogP contribution in [-0.4, -0.2) is 11.5 Å². The third-order valence-corrected chi connectivity index (χ3v) is 3.52. The fraction of sp³-hybridized carbons (Fsp3) is 0.250. The Hall–Kier alpha value is -2.34. The summed E-state index contributed by atoms with van der Waals surface area (Å²) in [6.45, 7) is 3.12. The van der Waals surface area contributed by atoms with Gasteiger partial charge in [0.1, 0.15) is 11.8 Å². The van der Waals surface area contributed by atoms with E-state index in [2.05, 4.69) is 41.1 Å². The highest BCUT2D eigenvalue weighted by atomic mass is 15.1. The summed E-state index contributed by atoms with van der Waals surface area (Å²) >= 11 is 0. The molecule has 1 aliphatic rings. The lowest BCUT2D eigenvalue weighted by Crippen LogP contribution is -2.24. The second-order valence-corrected chi connectivity index (χ2v) is 4.90. The molecule has 2 heterocycles. The zero-order valence-corrected chi connectivity index (χ0v) is 10.9. The Morgan fingerprint density at radius 1 is 1.26 bits per heavy atom. The van der Waals surface area contributed by atoms with E-state index in [4.69, 9.17) is 5.26 Å². The molecule has 0 saturated carbocycles. The van der Waals surface area contributed by atoms with E-state index in [0.29, 0.717) is 5.69 Å². The average molecular weight is 249 g/mol. The topological polar surface area (TPSA) is 39.9 Å². The molecular weight excluding hydrogens is 234 g/mol. The van der Waals surface area contributed by atoms with Crippen LogP contribution >= 0.6 is 0 Å². The number of fused-ring (bicyclic) bond motifs is 1. The lowest BCUT2D eigenvalue weighted by molar-refractivity contribution is 0.765. The van der Waals surface area contributed by atoms with Gasteiger partial charge in [-0.25, -0.2) is 4.98 Å². The molecule has 0 fully saturated rings. The monoisotopic (exact) mass is 249 g/mol. The molecule has 0 saturated heterocycles. The molecule has 0 spiro atoms. The van der Waals surface area contributed by atoms with Gasteiger partial charge in [-0.1, -0.05) is 17.7 Å². The van der Waals surface area contributed by atoms with E-state index in [1.54, 1.807) is 6.20 Å². The molecule has 0 atom stereocenters. The molecule has 0 N–H and O–H groups in total. The van der Waals surface area contributed by atoms with Gasteiger partial charge in [-0.3, -0.25) is 0 Å². The van der Waals surface area contributed by atoms with Crippen molar-refractivity contribution in [2.24, 2.45) is 0 Å². The molecule has 1 aromatic heterocycles. The van der Waals surface area contributed by atoms with Crippen molar-refractivity contribution in [3.05, 3.63) is 53.3 Å². The van der Waals surface area contributed by atoms with Crippen LogP contribution in [0.2, 0.25) is 0 Å². The van der Waals surface area contributed by atoms with E-state index in [1.165, 1.54) is 16.8 Å². The molecule has 0 radical (unpaired) electrons. The number of nitrogens with zero attached hydrogens (tertiary/aromatic N) is 3. The van der Waals surface area contributed by atoms with Gasteiger partial charge in [-0.2, -0.15) is 5.26 Å². The maximum Gasteiger partial charge on any atom is 0.142 e. The summed E-state index contributed by atoms with van der Waals surface area (Å²) in [5.74, 6) is 0. The number of rotatable bonds is 1. The van der Waals surface area contributed by atoms with E-state index < -0.39 is 0 Å². The Labute approximate surface area is 113 Å². The molecular formula is C16H15N3. The lowest BCUT2D eigenvalue weighted by atomic mass is 9.99. The summed E-state index contributed by atoms with van der Waals surface area (Å²) < 4.78 is 0. The molecule has 0 aliphatic carbocycles. The van der Waals surface area contributed by atoms with Gasteiger partial charge in [0.05, 0.1) is 0 Å². The van der Waals surface area contributed by atoms with Gasteiger partial charge < -0.3 is 4.90 Å². The summed E-state index contributed by atoms with van der Waals surface area (Å²) in [5, 5.41) is 8.96. The first-order valence-electron chi connectivity index (χ1n) is 6.51. The maximum absolute atomic E-state index is 8.96. The average Bonchev–Trinajstić information content (AvgIpc) is 2.46. The van der Waals surface area contributed by atoms with Crippen LogP contribution in [0.15, 0.2) is 36.5 Å². The first kappa shape index (κ1) is 11.7. The second kappa shape index (κ2) is 4.74. The van der Waals surface area contributed by atoms with E-state index in [9.17, 15) is 0 Å². The summed E-state index contributed by atoms with van der Waals surface area (Å²) in [4.78, 5) is 6.31. The van der Waals surface area contributed by atoms with Crippen molar-refractivity contribution in [2.75, 3.05) is 11.4 Å². The minimum atomic E-state index is 0.469. The van der Waals surface area contributed by atoms with Crippen molar-refractivity contribution in [3.63, 3.8) is 0 Å². The van der Waals surface area contributed by atoms with Gasteiger partial charge >= 0.3 is 0 Å². The van der Waals surface area contributed by atoms with E-state index >= 15 is 0 Å². The predicted molar refractivity (Wildman–Crippen MR) is 75.5 cm³/mol. The number of hydrogen-bond donors (Lipinski definition) is 0. The Morgan fingerprint density at radius 2 is 2.16 bits per heavy atom. The number of pyridine rings is 1. The zero-order chi connectivity index (χ0) is 13.2. The van der Waals surface area contributed by atoms with Gasteiger partial charge in [0.2, 0.25) is 0 Å². The second-order valence-electron chi connectivity index (χ2n) is 4.90. The first-order valence-corrected chi connectivity index (χ1v) is 6.51. The molecule has 3 nitrogen and oxygen atoms in total. The number of aryl methyl sites for hydroxylation is 2. The third-order valence-electron chi connectivity index (χ3n) is 3.52. The maximum atomic E-state index is 8.96. The van der Waals surface area contributed by atoms with Crippen LogP contribution in [-0.2, 0) is 6.42 Å². The van der Waals surface area contributed by atoms with Crippen molar-refractivity contribution < 1.29 is 0 Å². The van der Waals surface area contributed by atoms with E-state index in [-0.39, 0.29) is 0 Å². The highest BCUT2D eigenvalue weighted by Gasteiger charge is 2.18. The van der Waals surface area contributed by atoms with Gasteiger partial charge in [-0.05, 0) is 43.5 Å². The van der Waals surface area contributed by atoms with Crippen molar-refractivity contribution in [2.45, 2.75) is 19.8 Å². The number of nitriles is 1. The Morgan fingerprint density at radius 3 is 3.00 bits per heavy atom. The van der Waals surface area contributed by atoms with Crippen molar-refractivity contribution >= 4 is 11.4 Å². The van der Waals surface area contributed by atoms with Crippen LogP contribution in [0.5, 0.6) is 0 Å². The molecule has 0 unspecified atom stereocenters. The fourth-order valence-electron chi connectivity index (χ4n) is 2.64. The molecule has 94 valence electrons. The van der Waals surface area contributed by atoms with E-state index in [0.717, 1.165) is 25.1 Å². The molecule has 1 aliphatic heterocycles. The Bertz CT molecular complexity index is 655. The number of hydrogen-bond acceptors (Lipinski definition) is 3. The van der Waals surface area contributed by atoms with Crippen molar-refractivity contribution in [3.8, 4) is 6.07 Å².